The molecule has 0 aliphatic heterocycles. The average Bonchev–Trinajstić information content (AvgIpc) is 2.36. The lowest BCUT2D eigenvalue weighted by molar-refractivity contribution is -1.07. The van der Waals surface area contributed by atoms with Crippen LogP contribution < -0.4 is 4.84 Å². The maximum absolute atomic E-state index is 6.15. The Balaban J connectivity index is 2.86. The summed E-state index contributed by atoms with van der Waals surface area (Å²) in [6.45, 7) is 16.2. The standard InChI is InChI=1S/C16H28NO/c1-7-17(8-2,9-3)18-15-12-10-14(11-13-15)16(4,5)6/h10-13H,7-9H2,1-6H3/q+1. The topological polar surface area (TPSA) is 9.23 Å². The molecule has 0 aliphatic carbocycles. The van der Waals surface area contributed by atoms with E-state index in [-0.39, 0.29) is 5.41 Å². The van der Waals surface area contributed by atoms with Crippen LogP contribution >= 0.6 is 0 Å². The number of hydrogen-bond donors (Lipinski definition) is 0. The van der Waals surface area contributed by atoms with Crippen LogP contribution in [0.2, 0.25) is 0 Å². The van der Waals surface area contributed by atoms with Gasteiger partial charge in [0.25, 0.3) is 0 Å². The van der Waals surface area contributed by atoms with Gasteiger partial charge in [-0.2, -0.15) is 0 Å². The van der Waals surface area contributed by atoms with Gasteiger partial charge in [-0.05, 0) is 43.9 Å². The van der Waals surface area contributed by atoms with Gasteiger partial charge in [-0.1, -0.05) is 32.9 Å². The van der Waals surface area contributed by atoms with Crippen molar-refractivity contribution in [3.05, 3.63) is 29.8 Å². The Morgan fingerprint density at radius 3 is 1.67 bits per heavy atom. The first kappa shape index (κ1) is 15.0. The second kappa shape index (κ2) is 5.75. The van der Waals surface area contributed by atoms with Crippen LogP contribution in [0.4, 0.5) is 0 Å². The van der Waals surface area contributed by atoms with Crippen LogP contribution in [0.15, 0.2) is 24.3 Å². The van der Waals surface area contributed by atoms with Crippen molar-refractivity contribution in [1.29, 1.82) is 0 Å². The van der Waals surface area contributed by atoms with Gasteiger partial charge >= 0.3 is 0 Å². The molecular weight excluding hydrogens is 222 g/mol. The summed E-state index contributed by atoms with van der Waals surface area (Å²) in [6.07, 6.45) is 0. The average molecular weight is 250 g/mol. The minimum Gasteiger partial charge on any atom is -0.315 e. The molecule has 0 fully saturated rings. The van der Waals surface area contributed by atoms with Crippen LogP contribution in [0.5, 0.6) is 5.75 Å². The molecule has 0 unspecified atom stereocenters. The molecule has 1 aromatic rings. The van der Waals surface area contributed by atoms with Crippen molar-refractivity contribution in [2.24, 2.45) is 0 Å². The summed E-state index contributed by atoms with van der Waals surface area (Å²) < 4.78 is 0.689. The van der Waals surface area contributed by atoms with Gasteiger partial charge in [0.15, 0.2) is 5.75 Å². The molecule has 0 radical (unpaired) electrons. The minimum absolute atomic E-state index is 0.199. The Morgan fingerprint density at radius 1 is 0.889 bits per heavy atom. The lowest BCUT2D eigenvalue weighted by Crippen LogP contribution is -2.50. The van der Waals surface area contributed by atoms with Crippen LogP contribution in [0.25, 0.3) is 0 Å². The molecule has 102 valence electrons. The summed E-state index contributed by atoms with van der Waals surface area (Å²) in [6, 6.07) is 8.53. The third kappa shape index (κ3) is 3.49. The summed E-state index contributed by atoms with van der Waals surface area (Å²) in [5.41, 5.74) is 1.54. The fraction of sp³-hybridized carbons (Fsp3) is 0.625. The molecule has 18 heavy (non-hydrogen) atoms. The van der Waals surface area contributed by atoms with Gasteiger partial charge in [0.1, 0.15) is 19.6 Å². The zero-order valence-corrected chi connectivity index (χ0v) is 12.8. The van der Waals surface area contributed by atoms with E-state index in [1.54, 1.807) is 0 Å². The van der Waals surface area contributed by atoms with Crippen molar-refractivity contribution in [2.45, 2.75) is 47.0 Å². The van der Waals surface area contributed by atoms with Crippen molar-refractivity contribution in [3.63, 3.8) is 0 Å². The molecule has 0 spiro atoms. The molecule has 0 N–H and O–H groups in total. The van der Waals surface area contributed by atoms with Crippen molar-refractivity contribution < 1.29 is 9.48 Å². The van der Waals surface area contributed by atoms with E-state index in [2.05, 4.69) is 65.8 Å². The molecule has 2 nitrogen and oxygen atoms in total. The lowest BCUT2D eigenvalue weighted by Gasteiger charge is -2.32. The predicted molar refractivity (Wildman–Crippen MR) is 77.7 cm³/mol. The third-order valence-electron chi connectivity index (χ3n) is 3.75. The van der Waals surface area contributed by atoms with E-state index in [0.717, 1.165) is 25.4 Å². The molecule has 0 aliphatic rings. The predicted octanol–water partition coefficient (Wildman–Crippen LogP) is 4.15. The van der Waals surface area contributed by atoms with Gasteiger partial charge in [-0.15, -0.1) is 4.65 Å². The molecule has 0 saturated heterocycles. The van der Waals surface area contributed by atoms with E-state index in [1.165, 1.54) is 5.56 Å². The van der Waals surface area contributed by atoms with Gasteiger partial charge in [0, 0.05) is 0 Å². The first-order valence-corrected chi connectivity index (χ1v) is 7.03. The number of nitrogens with zero attached hydrogens (tertiary/aromatic N) is 1. The largest absolute Gasteiger partial charge is 0.315 e. The Hall–Kier alpha value is -1.02. The summed E-state index contributed by atoms with van der Waals surface area (Å²) in [4.78, 5) is 6.15. The zero-order chi connectivity index (χ0) is 13.8. The maximum Gasteiger partial charge on any atom is 0.190 e. The maximum atomic E-state index is 6.15. The molecule has 0 bridgehead atoms. The highest BCUT2D eigenvalue weighted by atomic mass is 16.7. The smallest absolute Gasteiger partial charge is 0.190 e. The highest BCUT2D eigenvalue weighted by Crippen LogP contribution is 2.25. The number of quaternary nitrogens is 1. The van der Waals surface area contributed by atoms with E-state index in [1.807, 2.05) is 0 Å². The number of benzene rings is 1. The minimum atomic E-state index is 0.199. The molecule has 0 heterocycles. The van der Waals surface area contributed by atoms with Crippen LogP contribution in [-0.2, 0) is 5.41 Å². The van der Waals surface area contributed by atoms with Crippen LogP contribution in [-0.4, -0.2) is 24.3 Å². The van der Waals surface area contributed by atoms with Crippen molar-refractivity contribution >= 4 is 0 Å². The van der Waals surface area contributed by atoms with E-state index >= 15 is 0 Å². The van der Waals surface area contributed by atoms with E-state index in [4.69, 9.17) is 4.84 Å². The Bertz CT molecular complexity index is 349. The second-order valence-corrected chi connectivity index (χ2v) is 5.87. The van der Waals surface area contributed by atoms with E-state index < -0.39 is 0 Å². The van der Waals surface area contributed by atoms with Crippen molar-refractivity contribution in [1.82, 2.24) is 0 Å². The normalized spacial score (nSPS) is 12.6. The number of rotatable bonds is 5. The van der Waals surface area contributed by atoms with Gasteiger partial charge in [0.2, 0.25) is 0 Å². The summed E-state index contributed by atoms with van der Waals surface area (Å²) >= 11 is 0. The Kier molecular flexibility index (Phi) is 4.80. The summed E-state index contributed by atoms with van der Waals surface area (Å²) in [5.74, 6) is 0.966. The molecule has 1 aromatic carbocycles. The summed E-state index contributed by atoms with van der Waals surface area (Å²) in [5, 5.41) is 0. The third-order valence-corrected chi connectivity index (χ3v) is 3.75. The van der Waals surface area contributed by atoms with Crippen molar-refractivity contribution in [3.8, 4) is 5.75 Å². The van der Waals surface area contributed by atoms with Crippen LogP contribution in [0.3, 0.4) is 0 Å². The van der Waals surface area contributed by atoms with Gasteiger partial charge in [0.05, 0.1) is 0 Å². The van der Waals surface area contributed by atoms with E-state index in [0.29, 0.717) is 4.65 Å². The Morgan fingerprint density at radius 2 is 1.33 bits per heavy atom. The van der Waals surface area contributed by atoms with Crippen LogP contribution in [0.1, 0.15) is 47.1 Å². The molecule has 1 rings (SSSR count). The Labute approximate surface area is 112 Å². The second-order valence-electron chi connectivity index (χ2n) is 5.87. The van der Waals surface area contributed by atoms with Gasteiger partial charge in [-0.3, -0.25) is 0 Å². The fourth-order valence-electron chi connectivity index (χ4n) is 2.10. The molecular formula is C16H28NO+. The molecule has 0 atom stereocenters. The zero-order valence-electron chi connectivity index (χ0n) is 12.8. The fourth-order valence-corrected chi connectivity index (χ4v) is 2.10. The SMILES string of the molecule is CC[N+](CC)(CC)Oc1ccc(C(C)(C)C)cc1. The number of hydrogen-bond acceptors (Lipinski definition) is 1. The van der Waals surface area contributed by atoms with Crippen molar-refractivity contribution in [2.75, 3.05) is 19.6 Å². The first-order chi connectivity index (χ1) is 8.37. The first-order valence-electron chi connectivity index (χ1n) is 7.03. The molecule has 0 amide bonds. The number of hydroxylamine groups is 3. The highest BCUT2D eigenvalue weighted by Gasteiger charge is 2.24. The van der Waals surface area contributed by atoms with Gasteiger partial charge < -0.3 is 4.84 Å². The molecule has 2 heteroatoms. The summed E-state index contributed by atoms with van der Waals surface area (Å²) in [7, 11) is 0. The molecule has 0 aromatic heterocycles. The van der Waals surface area contributed by atoms with E-state index in [9.17, 15) is 0 Å². The lowest BCUT2D eigenvalue weighted by atomic mass is 9.87. The highest BCUT2D eigenvalue weighted by molar-refractivity contribution is 5.30. The quantitative estimate of drug-likeness (QED) is 0.563. The molecule has 0 saturated carbocycles. The van der Waals surface area contributed by atoms with Gasteiger partial charge in [-0.25, -0.2) is 0 Å². The monoisotopic (exact) mass is 250 g/mol. The van der Waals surface area contributed by atoms with Crippen LogP contribution in [0, 0.1) is 0 Å².